The lowest BCUT2D eigenvalue weighted by Gasteiger charge is -2.19. The molecule has 0 spiro atoms. The SMILES string of the molecule is CC(=N[S+]([O-])C(C)(C)C)c1ccc(Br)c2ccccc12. The zero-order valence-corrected chi connectivity index (χ0v) is 14.5. The third-order valence-electron chi connectivity index (χ3n) is 3.00. The van der Waals surface area contributed by atoms with E-state index in [4.69, 9.17) is 0 Å². The zero-order valence-electron chi connectivity index (χ0n) is 12.1. The van der Waals surface area contributed by atoms with Crippen LogP contribution in [-0.2, 0) is 11.4 Å². The maximum atomic E-state index is 12.2. The van der Waals surface area contributed by atoms with Crippen molar-refractivity contribution >= 4 is 43.8 Å². The highest BCUT2D eigenvalue weighted by Crippen LogP contribution is 2.28. The van der Waals surface area contributed by atoms with Gasteiger partial charge in [0.2, 0.25) is 0 Å². The molecule has 0 fully saturated rings. The van der Waals surface area contributed by atoms with E-state index in [0.29, 0.717) is 0 Å². The zero-order chi connectivity index (χ0) is 14.9. The van der Waals surface area contributed by atoms with Gasteiger partial charge in [-0.25, -0.2) is 0 Å². The maximum Gasteiger partial charge on any atom is 0.144 e. The second kappa shape index (κ2) is 5.88. The molecule has 0 saturated carbocycles. The van der Waals surface area contributed by atoms with Crippen LogP contribution in [0.3, 0.4) is 0 Å². The van der Waals surface area contributed by atoms with Crippen LogP contribution in [-0.4, -0.2) is 15.0 Å². The van der Waals surface area contributed by atoms with E-state index in [1.54, 1.807) is 0 Å². The minimum Gasteiger partial charge on any atom is -0.591 e. The average molecular weight is 352 g/mol. The molecule has 0 radical (unpaired) electrons. The summed E-state index contributed by atoms with van der Waals surface area (Å²) in [5, 5.41) is 2.26. The Balaban J connectivity index is 2.54. The summed E-state index contributed by atoms with van der Waals surface area (Å²) in [5.74, 6) is 0. The Morgan fingerprint density at radius 3 is 2.30 bits per heavy atom. The number of halogens is 1. The molecule has 0 aromatic heterocycles. The van der Waals surface area contributed by atoms with Gasteiger partial charge in [0.25, 0.3) is 0 Å². The number of hydrogen-bond donors (Lipinski definition) is 0. The van der Waals surface area contributed by atoms with Gasteiger partial charge >= 0.3 is 0 Å². The fourth-order valence-corrected chi connectivity index (χ4v) is 2.99. The van der Waals surface area contributed by atoms with E-state index in [9.17, 15) is 4.55 Å². The van der Waals surface area contributed by atoms with Gasteiger partial charge in [-0.2, -0.15) is 0 Å². The Morgan fingerprint density at radius 2 is 1.70 bits per heavy atom. The Bertz CT molecular complexity index is 661. The number of rotatable bonds is 2. The molecule has 0 saturated heterocycles. The Kier molecular flexibility index (Phi) is 4.57. The van der Waals surface area contributed by atoms with Gasteiger partial charge < -0.3 is 4.55 Å². The van der Waals surface area contributed by atoms with Crippen molar-refractivity contribution in [3.63, 3.8) is 0 Å². The Morgan fingerprint density at radius 1 is 1.10 bits per heavy atom. The molecule has 2 aromatic carbocycles. The summed E-state index contributed by atoms with van der Waals surface area (Å²) in [5.41, 5.74) is 1.84. The van der Waals surface area contributed by atoms with Crippen molar-refractivity contribution in [3.8, 4) is 0 Å². The highest BCUT2D eigenvalue weighted by Gasteiger charge is 2.27. The van der Waals surface area contributed by atoms with Crippen molar-refractivity contribution in [2.75, 3.05) is 0 Å². The number of hydrogen-bond acceptors (Lipinski definition) is 2. The van der Waals surface area contributed by atoms with Crippen molar-refractivity contribution in [3.05, 3.63) is 46.4 Å². The van der Waals surface area contributed by atoms with Crippen molar-refractivity contribution in [2.45, 2.75) is 32.4 Å². The molecule has 4 heteroatoms. The molecular weight excluding hydrogens is 334 g/mol. The summed E-state index contributed by atoms with van der Waals surface area (Å²) in [6.45, 7) is 7.71. The smallest absolute Gasteiger partial charge is 0.144 e. The predicted molar refractivity (Wildman–Crippen MR) is 91.8 cm³/mol. The Labute approximate surface area is 131 Å². The van der Waals surface area contributed by atoms with Crippen LogP contribution in [0, 0.1) is 0 Å². The molecule has 2 rings (SSSR count). The van der Waals surface area contributed by atoms with E-state index in [-0.39, 0.29) is 4.75 Å². The second-order valence-corrected chi connectivity index (χ2v) is 8.44. The molecule has 0 aliphatic carbocycles. The molecule has 1 atom stereocenters. The van der Waals surface area contributed by atoms with E-state index in [1.165, 1.54) is 0 Å². The molecule has 0 heterocycles. The van der Waals surface area contributed by atoms with Crippen molar-refractivity contribution in [1.82, 2.24) is 0 Å². The quantitative estimate of drug-likeness (QED) is 0.561. The minimum absolute atomic E-state index is 0.341. The van der Waals surface area contributed by atoms with Gasteiger partial charge in [-0.05, 0) is 44.5 Å². The molecule has 0 amide bonds. The first-order chi connectivity index (χ1) is 9.30. The van der Waals surface area contributed by atoms with Crippen LogP contribution in [0.1, 0.15) is 33.3 Å². The van der Waals surface area contributed by atoms with Gasteiger partial charge in [0.05, 0.1) is 5.71 Å². The third kappa shape index (κ3) is 3.25. The van der Waals surface area contributed by atoms with Crippen LogP contribution in [0.4, 0.5) is 0 Å². The standard InChI is InChI=1S/C16H18BrNOS/c1-11(18-20(19)16(2,3)4)12-9-10-15(17)14-8-6-5-7-13(12)14/h5-10H,1-4H3. The molecule has 20 heavy (non-hydrogen) atoms. The van der Waals surface area contributed by atoms with E-state index < -0.39 is 11.4 Å². The molecule has 2 nitrogen and oxygen atoms in total. The van der Waals surface area contributed by atoms with Crippen molar-refractivity contribution in [1.29, 1.82) is 0 Å². The van der Waals surface area contributed by atoms with Crippen LogP contribution in [0.5, 0.6) is 0 Å². The summed E-state index contributed by atoms with van der Waals surface area (Å²) < 4.78 is 17.3. The van der Waals surface area contributed by atoms with E-state index in [2.05, 4.69) is 32.5 Å². The number of nitrogens with zero attached hydrogens (tertiary/aromatic N) is 1. The lowest BCUT2D eigenvalue weighted by molar-refractivity contribution is 0.561. The molecule has 0 bridgehead atoms. The molecular formula is C16H18BrNOS. The largest absolute Gasteiger partial charge is 0.591 e. The maximum absolute atomic E-state index is 12.2. The third-order valence-corrected chi connectivity index (χ3v) is 5.18. The van der Waals surface area contributed by atoms with Crippen molar-refractivity contribution < 1.29 is 4.55 Å². The predicted octanol–water partition coefficient (Wildman–Crippen LogP) is 4.87. The first kappa shape index (κ1) is 15.5. The number of benzene rings is 2. The second-order valence-electron chi connectivity index (χ2n) is 5.68. The van der Waals surface area contributed by atoms with Crippen LogP contribution in [0.15, 0.2) is 45.3 Å². The lowest BCUT2D eigenvalue weighted by Crippen LogP contribution is -2.26. The first-order valence-corrected chi connectivity index (χ1v) is 8.35. The van der Waals surface area contributed by atoms with E-state index in [1.807, 2.05) is 52.0 Å². The minimum atomic E-state index is -1.24. The monoisotopic (exact) mass is 351 g/mol. The topological polar surface area (TPSA) is 35.4 Å². The van der Waals surface area contributed by atoms with Crippen LogP contribution in [0.25, 0.3) is 10.8 Å². The summed E-state index contributed by atoms with van der Waals surface area (Å²) in [7, 11) is 0. The van der Waals surface area contributed by atoms with E-state index in [0.717, 1.165) is 26.5 Å². The van der Waals surface area contributed by atoms with Crippen LogP contribution >= 0.6 is 15.9 Å². The summed E-state index contributed by atoms with van der Waals surface area (Å²) in [6, 6.07) is 12.2. The van der Waals surface area contributed by atoms with Gasteiger partial charge in [0.1, 0.15) is 16.1 Å². The molecule has 2 aromatic rings. The highest BCUT2D eigenvalue weighted by molar-refractivity contribution is 9.10. The van der Waals surface area contributed by atoms with Crippen molar-refractivity contribution in [2.24, 2.45) is 4.40 Å². The van der Waals surface area contributed by atoms with Gasteiger partial charge in [-0.3, -0.25) is 0 Å². The lowest BCUT2D eigenvalue weighted by atomic mass is 10.0. The van der Waals surface area contributed by atoms with Gasteiger partial charge in [0, 0.05) is 10.0 Å². The summed E-state index contributed by atoms with van der Waals surface area (Å²) in [4.78, 5) is 0. The van der Waals surface area contributed by atoms with Gasteiger partial charge in [0.15, 0.2) is 0 Å². The highest BCUT2D eigenvalue weighted by atomic mass is 79.9. The fraction of sp³-hybridized carbons (Fsp3) is 0.312. The molecule has 106 valence electrons. The molecule has 1 unspecified atom stereocenters. The first-order valence-electron chi connectivity index (χ1n) is 6.45. The summed E-state index contributed by atoms with van der Waals surface area (Å²) in [6.07, 6.45) is 0. The Hall–Kier alpha value is -0.840. The number of fused-ring (bicyclic) bond motifs is 1. The van der Waals surface area contributed by atoms with E-state index >= 15 is 0 Å². The normalized spacial score (nSPS) is 14.6. The van der Waals surface area contributed by atoms with Crippen LogP contribution < -0.4 is 0 Å². The average Bonchev–Trinajstić information content (AvgIpc) is 2.38. The summed E-state index contributed by atoms with van der Waals surface area (Å²) >= 11 is 2.32. The molecule has 0 aliphatic heterocycles. The van der Waals surface area contributed by atoms with Gasteiger partial charge in [-0.1, -0.05) is 50.7 Å². The molecule has 0 aliphatic rings. The van der Waals surface area contributed by atoms with Crippen LogP contribution in [0.2, 0.25) is 0 Å². The van der Waals surface area contributed by atoms with Gasteiger partial charge in [-0.15, -0.1) is 0 Å². The molecule has 0 N–H and O–H groups in total. The fourth-order valence-electron chi connectivity index (χ4n) is 1.89.